The fourth-order valence-corrected chi connectivity index (χ4v) is 1.40. The number of furan rings is 1. The smallest absolute Gasteiger partial charge is 0.211 e. The molecule has 0 fully saturated rings. The van der Waals surface area contributed by atoms with E-state index in [9.17, 15) is 4.79 Å². The molecule has 3 heteroatoms. The summed E-state index contributed by atoms with van der Waals surface area (Å²) in [5.74, 6) is 0.173. The van der Waals surface area contributed by atoms with Gasteiger partial charge in [-0.3, -0.25) is 4.79 Å². The summed E-state index contributed by atoms with van der Waals surface area (Å²) in [7, 11) is 0. The quantitative estimate of drug-likeness (QED) is 0.734. The van der Waals surface area contributed by atoms with Crippen molar-refractivity contribution in [2.45, 2.75) is 6.92 Å². The van der Waals surface area contributed by atoms with Crippen LogP contribution in [0.25, 0.3) is 11.0 Å². The molecule has 0 amide bonds. The largest absolute Gasteiger partial charge is 0.453 e. The lowest BCUT2D eigenvalue weighted by Gasteiger charge is -1.89. The number of benzene rings is 1. The van der Waals surface area contributed by atoms with Crippen molar-refractivity contribution in [2.24, 2.45) is 5.73 Å². The Balaban J connectivity index is 2.56. The summed E-state index contributed by atoms with van der Waals surface area (Å²) in [6.07, 6.45) is 0. The molecule has 0 aliphatic heterocycles. The van der Waals surface area contributed by atoms with Gasteiger partial charge in [-0.1, -0.05) is 11.6 Å². The van der Waals surface area contributed by atoms with Gasteiger partial charge in [0, 0.05) is 5.39 Å². The number of Topliss-reactive ketones (excluding diaryl/α,β-unsaturated/α-hetero) is 1. The minimum Gasteiger partial charge on any atom is -0.453 e. The van der Waals surface area contributed by atoms with Crippen LogP contribution in [0.15, 0.2) is 28.7 Å². The van der Waals surface area contributed by atoms with Gasteiger partial charge in [0.2, 0.25) is 5.78 Å². The molecule has 0 aliphatic rings. The van der Waals surface area contributed by atoms with Gasteiger partial charge in [0.1, 0.15) is 5.58 Å². The maximum Gasteiger partial charge on any atom is 0.211 e. The molecule has 0 bridgehead atoms. The summed E-state index contributed by atoms with van der Waals surface area (Å²) in [4.78, 5) is 11.2. The number of hydrogen-bond donors (Lipinski definition) is 1. The molecule has 14 heavy (non-hydrogen) atoms. The van der Waals surface area contributed by atoms with E-state index in [4.69, 9.17) is 10.2 Å². The van der Waals surface area contributed by atoms with Crippen LogP contribution >= 0.6 is 0 Å². The molecular weight excluding hydrogens is 178 g/mol. The van der Waals surface area contributed by atoms with Crippen molar-refractivity contribution < 1.29 is 9.21 Å². The van der Waals surface area contributed by atoms with Gasteiger partial charge in [0.25, 0.3) is 0 Å². The third-order valence-electron chi connectivity index (χ3n) is 2.13. The second-order valence-corrected chi connectivity index (χ2v) is 3.28. The summed E-state index contributed by atoms with van der Waals surface area (Å²) in [6.45, 7) is 1.98. The Morgan fingerprint density at radius 1 is 1.43 bits per heavy atom. The van der Waals surface area contributed by atoms with Gasteiger partial charge in [-0.25, -0.2) is 0 Å². The van der Waals surface area contributed by atoms with E-state index in [2.05, 4.69) is 0 Å². The molecule has 0 spiro atoms. The predicted octanol–water partition coefficient (Wildman–Crippen LogP) is 1.88. The highest BCUT2D eigenvalue weighted by molar-refractivity contribution is 5.98. The molecule has 0 unspecified atom stereocenters. The normalized spacial score (nSPS) is 10.7. The Morgan fingerprint density at radius 3 is 2.93 bits per heavy atom. The SMILES string of the molecule is Cc1ccc2oc(C(=O)CN)cc2c1. The highest BCUT2D eigenvalue weighted by Gasteiger charge is 2.09. The summed E-state index contributed by atoms with van der Waals surface area (Å²) in [6, 6.07) is 7.52. The first-order chi connectivity index (χ1) is 6.70. The van der Waals surface area contributed by atoms with Crippen LogP contribution in [0.4, 0.5) is 0 Å². The molecule has 0 radical (unpaired) electrons. The first kappa shape index (κ1) is 8.97. The van der Waals surface area contributed by atoms with Crippen molar-refractivity contribution in [2.75, 3.05) is 6.54 Å². The molecule has 1 aromatic carbocycles. The van der Waals surface area contributed by atoms with Crippen LogP contribution in [0.5, 0.6) is 0 Å². The van der Waals surface area contributed by atoms with Crippen molar-refractivity contribution >= 4 is 16.8 Å². The van der Waals surface area contributed by atoms with Crippen molar-refractivity contribution in [1.82, 2.24) is 0 Å². The number of nitrogens with two attached hydrogens (primary N) is 1. The number of rotatable bonds is 2. The van der Waals surface area contributed by atoms with Crippen LogP contribution in [0.3, 0.4) is 0 Å². The summed E-state index contributed by atoms with van der Waals surface area (Å²) in [5.41, 5.74) is 7.12. The van der Waals surface area contributed by atoms with Crippen LogP contribution in [0.2, 0.25) is 0 Å². The third-order valence-corrected chi connectivity index (χ3v) is 2.13. The van der Waals surface area contributed by atoms with Gasteiger partial charge in [-0.2, -0.15) is 0 Å². The number of aryl methyl sites for hydroxylation is 1. The second kappa shape index (κ2) is 3.27. The van der Waals surface area contributed by atoms with Crippen LogP contribution < -0.4 is 5.73 Å². The average molecular weight is 189 g/mol. The van der Waals surface area contributed by atoms with Gasteiger partial charge >= 0.3 is 0 Å². The molecule has 2 N–H and O–H groups in total. The van der Waals surface area contributed by atoms with Crippen LogP contribution in [-0.4, -0.2) is 12.3 Å². The summed E-state index contributed by atoms with van der Waals surface area (Å²) in [5, 5.41) is 0.946. The van der Waals surface area contributed by atoms with Crippen LogP contribution in [0.1, 0.15) is 16.1 Å². The first-order valence-electron chi connectivity index (χ1n) is 4.44. The molecule has 0 saturated heterocycles. The molecule has 0 atom stereocenters. The molecule has 0 saturated carbocycles. The Bertz CT molecular complexity index is 485. The van der Waals surface area contributed by atoms with Gasteiger partial charge in [-0.15, -0.1) is 0 Å². The van der Waals surface area contributed by atoms with E-state index in [1.165, 1.54) is 0 Å². The zero-order chi connectivity index (χ0) is 10.1. The molecule has 3 nitrogen and oxygen atoms in total. The lowest BCUT2D eigenvalue weighted by atomic mass is 10.2. The van der Waals surface area contributed by atoms with E-state index in [1.807, 2.05) is 25.1 Å². The number of carbonyl (C=O) groups excluding carboxylic acids is 1. The van der Waals surface area contributed by atoms with E-state index in [-0.39, 0.29) is 12.3 Å². The second-order valence-electron chi connectivity index (χ2n) is 3.28. The minimum atomic E-state index is -0.168. The van der Waals surface area contributed by atoms with Crippen molar-refractivity contribution in [1.29, 1.82) is 0 Å². The lowest BCUT2D eigenvalue weighted by molar-refractivity contribution is 0.0977. The average Bonchev–Trinajstić information content (AvgIpc) is 2.59. The predicted molar refractivity (Wildman–Crippen MR) is 54.3 cm³/mol. The van der Waals surface area contributed by atoms with Crippen LogP contribution in [-0.2, 0) is 0 Å². The monoisotopic (exact) mass is 189 g/mol. The zero-order valence-electron chi connectivity index (χ0n) is 7.91. The van der Waals surface area contributed by atoms with E-state index >= 15 is 0 Å². The molecule has 2 rings (SSSR count). The highest BCUT2D eigenvalue weighted by Crippen LogP contribution is 2.20. The van der Waals surface area contributed by atoms with Gasteiger partial charge < -0.3 is 10.2 Å². The van der Waals surface area contributed by atoms with E-state index in [0.717, 1.165) is 16.5 Å². The van der Waals surface area contributed by atoms with E-state index < -0.39 is 0 Å². The fraction of sp³-hybridized carbons (Fsp3) is 0.182. The number of fused-ring (bicyclic) bond motifs is 1. The number of hydrogen-bond acceptors (Lipinski definition) is 3. The van der Waals surface area contributed by atoms with E-state index in [0.29, 0.717) is 5.76 Å². The van der Waals surface area contributed by atoms with Gasteiger partial charge in [-0.05, 0) is 25.1 Å². The third kappa shape index (κ3) is 1.42. The topological polar surface area (TPSA) is 56.2 Å². The first-order valence-corrected chi connectivity index (χ1v) is 4.44. The Morgan fingerprint density at radius 2 is 2.21 bits per heavy atom. The minimum absolute atomic E-state index is 0.0151. The standard InChI is InChI=1S/C11H11NO2/c1-7-2-3-10-8(4-7)5-11(14-10)9(13)6-12/h2-5H,6,12H2,1H3. The van der Waals surface area contributed by atoms with Crippen molar-refractivity contribution in [3.8, 4) is 0 Å². The fourth-order valence-electron chi connectivity index (χ4n) is 1.40. The Kier molecular flexibility index (Phi) is 2.09. The Hall–Kier alpha value is -1.61. The molecule has 72 valence electrons. The zero-order valence-corrected chi connectivity index (χ0v) is 7.91. The summed E-state index contributed by atoms with van der Waals surface area (Å²) < 4.78 is 5.35. The highest BCUT2D eigenvalue weighted by atomic mass is 16.3. The van der Waals surface area contributed by atoms with Crippen molar-refractivity contribution in [3.63, 3.8) is 0 Å². The van der Waals surface area contributed by atoms with Crippen molar-refractivity contribution in [3.05, 3.63) is 35.6 Å². The number of carbonyl (C=O) groups is 1. The molecule has 1 aromatic heterocycles. The van der Waals surface area contributed by atoms with Crippen LogP contribution in [0, 0.1) is 6.92 Å². The van der Waals surface area contributed by atoms with E-state index in [1.54, 1.807) is 6.07 Å². The van der Waals surface area contributed by atoms with Gasteiger partial charge in [0.05, 0.1) is 6.54 Å². The number of ketones is 1. The molecule has 1 heterocycles. The van der Waals surface area contributed by atoms with Gasteiger partial charge in [0.15, 0.2) is 5.76 Å². The maximum absolute atomic E-state index is 11.2. The molecule has 2 aromatic rings. The maximum atomic E-state index is 11.2. The molecule has 0 aliphatic carbocycles. The Labute approximate surface area is 81.5 Å². The lowest BCUT2D eigenvalue weighted by Crippen LogP contribution is -2.12. The summed E-state index contributed by atoms with van der Waals surface area (Å²) >= 11 is 0. The molecular formula is C11H11NO2.